The Morgan fingerprint density at radius 3 is 2.50 bits per heavy atom. The van der Waals surface area contributed by atoms with E-state index in [0.29, 0.717) is 0 Å². The summed E-state index contributed by atoms with van der Waals surface area (Å²) in [6, 6.07) is 19.5. The first kappa shape index (κ1) is 15.5. The molecule has 0 saturated carbocycles. The molecule has 3 aromatic rings. The highest BCUT2D eigenvalue weighted by molar-refractivity contribution is 5.83. The zero-order valence-corrected chi connectivity index (χ0v) is 14.2. The average molecular weight is 318 g/mol. The van der Waals surface area contributed by atoms with E-state index in [1.165, 1.54) is 67.3 Å². The molecule has 0 amide bonds. The van der Waals surface area contributed by atoms with Crippen molar-refractivity contribution in [2.45, 2.75) is 25.7 Å². The summed E-state index contributed by atoms with van der Waals surface area (Å²) in [7, 11) is 0. The lowest BCUT2D eigenvalue weighted by Crippen LogP contribution is -2.35. The summed E-state index contributed by atoms with van der Waals surface area (Å²) in [5.41, 5.74) is 4.22. The third-order valence-corrected chi connectivity index (χ3v) is 5.45. The van der Waals surface area contributed by atoms with Crippen molar-refractivity contribution < 1.29 is 0 Å². The van der Waals surface area contributed by atoms with Gasteiger partial charge in [-0.25, -0.2) is 0 Å². The normalized spacial score (nSPS) is 16.7. The number of benzene rings is 2. The second-order valence-electron chi connectivity index (χ2n) is 7.08. The summed E-state index contributed by atoms with van der Waals surface area (Å²) in [5.74, 6) is 0.831. The molecule has 1 aromatic heterocycles. The first-order chi connectivity index (χ1) is 11.9. The number of fused-ring (bicyclic) bond motifs is 1. The van der Waals surface area contributed by atoms with Gasteiger partial charge in [0.05, 0.1) is 0 Å². The Kier molecular flexibility index (Phi) is 4.66. The van der Waals surface area contributed by atoms with Crippen LogP contribution in [0.1, 0.15) is 24.0 Å². The summed E-state index contributed by atoms with van der Waals surface area (Å²) in [6.07, 6.45) is 7.26. The second-order valence-corrected chi connectivity index (χ2v) is 7.08. The van der Waals surface area contributed by atoms with Crippen molar-refractivity contribution in [2.75, 3.05) is 19.6 Å². The van der Waals surface area contributed by atoms with E-state index < -0.39 is 0 Å². The number of piperidine rings is 1. The van der Waals surface area contributed by atoms with E-state index in [2.05, 4.69) is 70.7 Å². The SMILES string of the molecule is c1ccc(CCN2CCC(Cc3c[nH]c4ccccc34)CC2)cc1. The third kappa shape index (κ3) is 3.54. The Morgan fingerprint density at radius 2 is 1.67 bits per heavy atom. The van der Waals surface area contributed by atoms with E-state index in [9.17, 15) is 0 Å². The van der Waals surface area contributed by atoms with Gasteiger partial charge in [0, 0.05) is 23.6 Å². The molecule has 124 valence electrons. The van der Waals surface area contributed by atoms with E-state index in [0.717, 1.165) is 5.92 Å². The molecule has 24 heavy (non-hydrogen) atoms. The molecule has 1 aliphatic heterocycles. The van der Waals surface area contributed by atoms with E-state index >= 15 is 0 Å². The number of nitrogens with one attached hydrogen (secondary N) is 1. The van der Waals surface area contributed by atoms with Crippen LogP contribution < -0.4 is 0 Å². The second kappa shape index (κ2) is 7.23. The third-order valence-electron chi connectivity index (χ3n) is 5.45. The van der Waals surface area contributed by atoms with Crippen LogP contribution in [-0.4, -0.2) is 29.5 Å². The Bertz CT molecular complexity index is 767. The smallest absolute Gasteiger partial charge is 0.0456 e. The molecule has 0 unspecified atom stereocenters. The quantitative estimate of drug-likeness (QED) is 0.724. The molecule has 0 radical (unpaired) electrons. The van der Waals surface area contributed by atoms with Crippen LogP contribution in [0, 0.1) is 5.92 Å². The zero-order chi connectivity index (χ0) is 16.2. The van der Waals surface area contributed by atoms with E-state index in [4.69, 9.17) is 0 Å². The molecule has 2 heteroatoms. The number of nitrogens with zero attached hydrogens (tertiary/aromatic N) is 1. The number of likely N-dealkylation sites (tertiary alicyclic amines) is 1. The molecule has 2 nitrogen and oxygen atoms in total. The van der Waals surface area contributed by atoms with Gasteiger partial charge in [0.15, 0.2) is 0 Å². The van der Waals surface area contributed by atoms with Gasteiger partial charge >= 0.3 is 0 Å². The minimum absolute atomic E-state index is 0.831. The summed E-state index contributed by atoms with van der Waals surface area (Å²) in [6.45, 7) is 3.70. The molecule has 2 aromatic carbocycles. The van der Waals surface area contributed by atoms with Crippen LogP contribution in [0.3, 0.4) is 0 Å². The van der Waals surface area contributed by atoms with Crippen molar-refractivity contribution in [3.05, 3.63) is 71.9 Å². The van der Waals surface area contributed by atoms with Crippen LogP contribution >= 0.6 is 0 Å². The topological polar surface area (TPSA) is 19.0 Å². The highest BCUT2D eigenvalue weighted by Gasteiger charge is 2.20. The lowest BCUT2D eigenvalue weighted by atomic mass is 9.90. The number of aromatic amines is 1. The molecule has 1 saturated heterocycles. The molecule has 2 heterocycles. The fraction of sp³-hybridized carbons (Fsp3) is 0.364. The maximum atomic E-state index is 3.41. The fourth-order valence-corrected chi connectivity index (χ4v) is 3.96. The Morgan fingerprint density at radius 1 is 0.917 bits per heavy atom. The lowest BCUT2D eigenvalue weighted by molar-refractivity contribution is 0.186. The molecule has 1 fully saturated rings. The number of hydrogen-bond acceptors (Lipinski definition) is 1. The van der Waals surface area contributed by atoms with Crippen LogP contribution in [0.5, 0.6) is 0 Å². The van der Waals surface area contributed by atoms with Gasteiger partial charge in [0.1, 0.15) is 0 Å². The summed E-state index contributed by atoms with van der Waals surface area (Å²) in [4.78, 5) is 6.05. The number of aromatic nitrogens is 1. The van der Waals surface area contributed by atoms with Crippen molar-refractivity contribution in [2.24, 2.45) is 5.92 Å². The molecule has 0 bridgehead atoms. The molecular formula is C22H26N2. The summed E-state index contributed by atoms with van der Waals surface area (Å²) < 4.78 is 0. The van der Waals surface area contributed by atoms with Gasteiger partial charge in [0.2, 0.25) is 0 Å². The number of hydrogen-bond donors (Lipinski definition) is 1. The first-order valence-corrected chi connectivity index (χ1v) is 9.20. The predicted molar refractivity (Wildman–Crippen MR) is 101 cm³/mol. The Balaban J connectivity index is 1.28. The van der Waals surface area contributed by atoms with Crippen LogP contribution in [-0.2, 0) is 12.8 Å². The summed E-state index contributed by atoms with van der Waals surface area (Å²) >= 11 is 0. The minimum Gasteiger partial charge on any atom is -0.361 e. The maximum Gasteiger partial charge on any atom is 0.0456 e. The number of H-pyrrole nitrogens is 1. The van der Waals surface area contributed by atoms with Crippen LogP contribution in [0.15, 0.2) is 60.8 Å². The molecule has 0 spiro atoms. The maximum absolute atomic E-state index is 3.41. The fourth-order valence-electron chi connectivity index (χ4n) is 3.96. The van der Waals surface area contributed by atoms with Crippen LogP contribution in [0.25, 0.3) is 10.9 Å². The molecule has 4 rings (SSSR count). The Labute approximate surface area is 144 Å². The van der Waals surface area contributed by atoms with E-state index in [1.54, 1.807) is 0 Å². The standard InChI is InChI=1S/C22H26N2/c1-2-6-18(7-3-1)10-13-24-14-11-19(12-15-24)16-20-17-23-22-9-5-4-8-21(20)22/h1-9,17,19,23H,10-16H2. The van der Waals surface area contributed by atoms with Gasteiger partial charge in [-0.2, -0.15) is 0 Å². The van der Waals surface area contributed by atoms with Crippen LogP contribution in [0.2, 0.25) is 0 Å². The van der Waals surface area contributed by atoms with Crippen molar-refractivity contribution in [3.8, 4) is 0 Å². The molecule has 0 aliphatic carbocycles. The van der Waals surface area contributed by atoms with E-state index in [1.807, 2.05) is 0 Å². The van der Waals surface area contributed by atoms with Crippen molar-refractivity contribution in [1.29, 1.82) is 0 Å². The molecular weight excluding hydrogens is 292 g/mol. The van der Waals surface area contributed by atoms with Crippen molar-refractivity contribution >= 4 is 10.9 Å². The highest BCUT2D eigenvalue weighted by atomic mass is 15.1. The van der Waals surface area contributed by atoms with Gasteiger partial charge in [-0.05, 0) is 61.9 Å². The van der Waals surface area contributed by atoms with Crippen molar-refractivity contribution in [1.82, 2.24) is 9.88 Å². The monoisotopic (exact) mass is 318 g/mol. The van der Waals surface area contributed by atoms with E-state index in [-0.39, 0.29) is 0 Å². The largest absolute Gasteiger partial charge is 0.361 e. The van der Waals surface area contributed by atoms with Gasteiger partial charge in [-0.1, -0.05) is 48.5 Å². The van der Waals surface area contributed by atoms with Gasteiger partial charge < -0.3 is 9.88 Å². The van der Waals surface area contributed by atoms with Crippen molar-refractivity contribution in [3.63, 3.8) is 0 Å². The molecule has 0 atom stereocenters. The molecule has 1 aliphatic rings. The van der Waals surface area contributed by atoms with Crippen LogP contribution in [0.4, 0.5) is 0 Å². The number of para-hydroxylation sites is 1. The average Bonchev–Trinajstić information content (AvgIpc) is 3.05. The zero-order valence-electron chi connectivity index (χ0n) is 14.2. The predicted octanol–water partition coefficient (Wildman–Crippen LogP) is 4.67. The van der Waals surface area contributed by atoms with Gasteiger partial charge in [-0.3, -0.25) is 0 Å². The van der Waals surface area contributed by atoms with Gasteiger partial charge in [-0.15, -0.1) is 0 Å². The first-order valence-electron chi connectivity index (χ1n) is 9.20. The number of rotatable bonds is 5. The van der Waals surface area contributed by atoms with Gasteiger partial charge in [0.25, 0.3) is 0 Å². The molecule has 1 N–H and O–H groups in total. The minimum atomic E-state index is 0.831. The summed E-state index contributed by atoms with van der Waals surface area (Å²) in [5, 5.41) is 1.41. The lowest BCUT2D eigenvalue weighted by Gasteiger charge is -2.32. The highest BCUT2D eigenvalue weighted by Crippen LogP contribution is 2.26. The Hall–Kier alpha value is -2.06.